The molecule has 1 aliphatic rings. The molecule has 0 aromatic carbocycles. The highest BCUT2D eigenvalue weighted by atomic mass is 35.5. The van der Waals surface area contributed by atoms with E-state index < -0.39 is 11.7 Å². The van der Waals surface area contributed by atoms with Crippen molar-refractivity contribution in [3.8, 4) is 0 Å². The van der Waals surface area contributed by atoms with E-state index in [4.69, 9.17) is 16.3 Å². The standard InChI is InChI=1S/C12H11ClF3N5OS/c13-9-4-7(12(14,15)16)5-17-10(9)23-11-18-19-20-21(11)6-8-2-1-3-22-8/h4-5,8H,1-3,6H2/t8-/m0/s1. The van der Waals surface area contributed by atoms with Gasteiger partial charge in [0.15, 0.2) is 0 Å². The largest absolute Gasteiger partial charge is 0.417 e. The lowest BCUT2D eigenvalue weighted by Crippen LogP contribution is -2.16. The van der Waals surface area contributed by atoms with E-state index in [9.17, 15) is 13.2 Å². The molecular weight excluding hydrogens is 355 g/mol. The maximum atomic E-state index is 12.6. The van der Waals surface area contributed by atoms with Crippen LogP contribution < -0.4 is 0 Å². The summed E-state index contributed by atoms with van der Waals surface area (Å²) >= 11 is 6.90. The van der Waals surface area contributed by atoms with Gasteiger partial charge in [0, 0.05) is 12.8 Å². The van der Waals surface area contributed by atoms with E-state index in [0.717, 1.165) is 36.9 Å². The minimum atomic E-state index is -4.48. The predicted octanol–water partition coefficient (Wildman–Crippen LogP) is 3.07. The van der Waals surface area contributed by atoms with Crippen LogP contribution in [0.2, 0.25) is 5.02 Å². The van der Waals surface area contributed by atoms with E-state index in [1.54, 1.807) is 0 Å². The van der Waals surface area contributed by atoms with Crippen LogP contribution in [0.4, 0.5) is 13.2 Å². The third-order valence-corrected chi connectivity index (χ3v) is 4.62. The molecule has 1 fully saturated rings. The van der Waals surface area contributed by atoms with Gasteiger partial charge < -0.3 is 4.74 Å². The molecule has 1 aliphatic heterocycles. The quantitative estimate of drug-likeness (QED) is 0.829. The Kier molecular flexibility index (Phi) is 4.74. The second-order valence-corrected chi connectivity index (χ2v) is 6.25. The van der Waals surface area contributed by atoms with Crippen molar-refractivity contribution < 1.29 is 17.9 Å². The smallest absolute Gasteiger partial charge is 0.376 e. The molecule has 0 aliphatic carbocycles. The van der Waals surface area contributed by atoms with Crippen LogP contribution >= 0.6 is 23.4 Å². The Balaban J connectivity index is 1.76. The summed E-state index contributed by atoms with van der Waals surface area (Å²) < 4.78 is 44.9. The van der Waals surface area contributed by atoms with Crippen LogP contribution in [0.1, 0.15) is 18.4 Å². The van der Waals surface area contributed by atoms with E-state index in [1.807, 2.05) is 0 Å². The van der Waals surface area contributed by atoms with Crippen LogP contribution in [0.25, 0.3) is 0 Å². The van der Waals surface area contributed by atoms with Gasteiger partial charge in [0.1, 0.15) is 5.03 Å². The Morgan fingerprint density at radius 3 is 2.91 bits per heavy atom. The number of hydrogen-bond acceptors (Lipinski definition) is 6. The number of ether oxygens (including phenoxy) is 1. The molecule has 0 saturated carbocycles. The monoisotopic (exact) mass is 365 g/mol. The van der Waals surface area contributed by atoms with Gasteiger partial charge in [-0.15, -0.1) is 5.10 Å². The lowest BCUT2D eigenvalue weighted by atomic mass is 10.2. The minimum absolute atomic E-state index is 0.0360. The second-order valence-electron chi connectivity index (χ2n) is 4.89. The highest BCUT2D eigenvalue weighted by Crippen LogP contribution is 2.35. The molecule has 1 atom stereocenters. The van der Waals surface area contributed by atoms with E-state index in [0.29, 0.717) is 18.3 Å². The van der Waals surface area contributed by atoms with Crippen LogP contribution in [0, 0.1) is 0 Å². The Morgan fingerprint density at radius 2 is 2.26 bits per heavy atom. The van der Waals surface area contributed by atoms with Crippen molar-refractivity contribution in [2.75, 3.05) is 6.61 Å². The molecule has 3 heterocycles. The first-order valence-electron chi connectivity index (χ1n) is 6.72. The second kappa shape index (κ2) is 6.62. The number of tetrazole rings is 1. The highest BCUT2D eigenvalue weighted by Gasteiger charge is 2.32. The van der Waals surface area contributed by atoms with Crippen molar-refractivity contribution in [3.05, 3.63) is 22.8 Å². The normalized spacial score (nSPS) is 18.5. The van der Waals surface area contributed by atoms with Crippen LogP contribution in [-0.4, -0.2) is 37.9 Å². The molecular formula is C12H11ClF3N5OS. The van der Waals surface area contributed by atoms with E-state index in [-0.39, 0.29) is 16.2 Å². The number of nitrogens with zero attached hydrogens (tertiary/aromatic N) is 5. The lowest BCUT2D eigenvalue weighted by Gasteiger charge is -2.11. The average molecular weight is 366 g/mol. The Labute approximate surface area is 138 Å². The fraction of sp³-hybridized carbons (Fsp3) is 0.500. The van der Waals surface area contributed by atoms with Gasteiger partial charge in [0.25, 0.3) is 0 Å². The number of halogens is 4. The Morgan fingerprint density at radius 1 is 1.43 bits per heavy atom. The maximum Gasteiger partial charge on any atom is 0.417 e. The van der Waals surface area contributed by atoms with Crippen molar-refractivity contribution in [2.45, 2.75) is 41.8 Å². The van der Waals surface area contributed by atoms with E-state index in [1.165, 1.54) is 4.68 Å². The van der Waals surface area contributed by atoms with Gasteiger partial charge in [0.05, 0.1) is 23.2 Å². The first-order valence-corrected chi connectivity index (χ1v) is 7.91. The van der Waals surface area contributed by atoms with Gasteiger partial charge >= 0.3 is 6.18 Å². The number of alkyl halides is 3. The summed E-state index contributed by atoms with van der Waals surface area (Å²) in [7, 11) is 0. The number of rotatable bonds is 4. The summed E-state index contributed by atoms with van der Waals surface area (Å²) in [6.07, 6.45) is -1.80. The van der Waals surface area contributed by atoms with Gasteiger partial charge in [-0.3, -0.25) is 0 Å². The van der Waals surface area contributed by atoms with Gasteiger partial charge in [-0.25, -0.2) is 9.67 Å². The predicted molar refractivity (Wildman–Crippen MR) is 75.2 cm³/mol. The van der Waals surface area contributed by atoms with Crippen molar-refractivity contribution in [1.29, 1.82) is 0 Å². The molecule has 6 nitrogen and oxygen atoms in total. The molecule has 0 amide bonds. The molecule has 0 spiro atoms. The Bertz CT molecular complexity index is 690. The van der Waals surface area contributed by atoms with Crippen molar-refractivity contribution in [3.63, 3.8) is 0 Å². The molecule has 0 bridgehead atoms. The SMILES string of the molecule is FC(F)(F)c1cnc(Sc2nnnn2C[C@@H]2CCCO2)c(Cl)c1. The van der Waals surface area contributed by atoms with E-state index >= 15 is 0 Å². The van der Waals surface area contributed by atoms with Crippen LogP contribution in [0.5, 0.6) is 0 Å². The molecule has 3 rings (SSSR count). The van der Waals surface area contributed by atoms with Crippen molar-refractivity contribution in [1.82, 2.24) is 25.2 Å². The first-order chi connectivity index (χ1) is 10.9. The summed E-state index contributed by atoms with van der Waals surface area (Å²) in [4.78, 5) is 3.76. The average Bonchev–Trinajstić information content (AvgIpc) is 3.13. The van der Waals surface area contributed by atoms with E-state index in [2.05, 4.69) is 20.5 Å². The lowest BCUT2D eigenvalue weighted by molar-refractivity contribution is -0.137. The zero-order valence-corrected chi connectivity index (χ0v) is 13.2. The number of hydrogen-bond donors (Lipinski definition) is 0. The molecule has 2 aromatic rings. The summed E-state index contributed by atoms with van der Waals surface area (Å²) in [6, 6.07) is 0.838. The molecule has 23 heavy (non-hydrogen) atoms. The van der Waals surface area contributed by atoms with Crippen LogP contribution in [0.15, 0.2) is 22.4 Å². The first kappa shape index (κ1) is 16.5. The number of pyridine rings is 1. The summed E-state index contributed by atoms with van der Waals surface area (Å²) in [5, 5.41) is 11.8. The van der Waals surface area contributed by atoms with Crippen molar-refractivity contribution >= 4 is 23.4 Å². The van der Waals surface area contributed by atoms with Crippen molar-refractivity contribution in [2.24, 2.45) is 0 Å². The molecule has 1 saturated heterocycles. The zero-order valence-electron chi connectivity index (χ0n) is 11.6. The summed E-state index contributed by atoms with van der Waals surface area (Å²) in [5.41, 5.74) is -0.897. The zero-order chi connectivity index (χ0) is 16.4. The molecule has 0 radical (unpaired) electrons. The molecule has 11 heteroatoms. The maximum absolute atomic E-state index is 12.6. The summed E-state index contributed by atoms with van der Waals surface area (Å²) in [5.74, 6) is 0. The Hall–Kier alpha value is -1.39. The molecule has 0 N–H and O–H groups in total. The van der Waals surface area contributed by atoms with Gasteiger partial charge in [-0.05, 0) is 41.1 Å². The third kappa shape index (κ3) is 3.93. The minimum Gasteiger partial charge on any atom is -0.376 e. The molecule has 0 unspecified atom stereocenters. The molecule has 124 valence electrons. The fourth-order valence-corrected chi connectivity index (χ4v) is 3.12. The fourth-order valence-electron chi connectivity index (χ4n) is 2.11. The van der Waals surface area contributed by atoms with Crippen LogP contribution in [-0.2, 0) is 17.5 Å². The van der Waals surface area contributed by atoms with Gasteiger partial charge in [0.2, 0.25) is 5.16 Å². The number of aromatic nitrogens is 5. The van der Waals surface area contributed by atoms with Gasteiger partial charge in [-0.2, -0.15) is 13.2 Å². The van der Waals surface area contributed by atoms with Gasteiger partial charge in [-0.1, -0.05) is 11.6 Å². The third-order valence-electron chi connectivity index (χ3n) is 3.22. The topological polar surface area (TPSA) is 65.7 Å². The highest BCUT2D eigenvalue weighted by molar-refractivity contribution is 7.99. The van der Waals surface area contributed by atoms with Crippen LogP contribution in [0.3, 0.4) is 0 Å². The molecule has 2 aromatic heterocycles. The summed E-state index contributed by atoms with van der Waals surface area (Å²) in [6.45, 7) is 1.19.